The third-order valence-electron chi connectivity index (χ3n) is 1.40. The van der Waals surface area contributed by atoms with E-state index < -0.39 is 0 Å². The second-order valence-electron chi connectivity index (χ2n) is 3.50. The second kappa shape index (κ2) is 2.39. The molecule has 1 rings (SSSR count). The summed E-state index contributed by atoms with van der Waals surface area (Å²) >= 11 is 0. The monoisotopic (exact) mass is 149 g/mol. The summed E-state index contributed by atoms with van der Waals surface area (Å²) in [6.07, 6.45) is 1.63. The van der Waals surface area contributed by atoms with Crippen molar-refractivity contribution in [2.75, 3.05) is 0 Å². The van der Waals surface area contributed by atoms with Crippen molar-refractivity contribution < 1.29 is 0 Å². The van der Waals surface area contributed by atoms with Crippen LogP contribution in [0.4, 0.5) is 0 Å². The number of hydrogen-bond acceptors (Lipinski definition) is 2. The summed E-state index contributed by atoms with van der Waals surface area (Å²) in [5.74, 6) is 0.856. The van der Waals surface area contributed by atoms with E-state index in [0.29, 0.717) is 5.69 Å². The van der Waals surface area contributed by atoms with Crippen molar-refractivity contribution in [2.45, 2.75) is 26.2 Å². The highest BCUT2D eigenvalue weighted by atomic mass is 14.9. The van der Waals surface area contributed by atoms with Gasteiger partial charge in [0, 0.05) is 11.6 Å². The number of hydrogen-bond donors (Lipinski definition) is 1. The van der Waals surface area contributed by atoms with Crippen molar-refractivity contribution in [2.24, 2.45) is 0 Å². The zero-order valence-corrected chi connectivity index (χ0v) is 6.97. The van der Waals surface area contributed by atoms with Crippen LogP contribution in [-0.2, 0) is 5.41 Å². The van der Waals surface area contributed by atoms with Gasteiger partial charge in [0.25, 0.3) is 0 Å². The molecule has 1 aromatic rings. The first kappa shape index (κ1) is 7.80. The number of nitrogens with one attached hydrogen (secondary N) is 1. The molecule has 0 bridgehead atoms. The lowest BCUT2D eigenvalue weighted by Crippen LogP contribution is -2.13. The van der Waals surface area contributed by atoms with Crippen molar-refractivity contribution in [1.82, 2.24) is 9.97 Å². The maximum atomic E-state index is 8.48. The molecule has 0 saturated heterocycles. The van der Waals surface area contributed by atoms with Crippen molar-refractivity contribution in [1.29, 1.82) is 5.26 Å². The Labute approximate surface area is 66.1 Å². The molecule has 1 heterocycles. The van der Waals surface area contributed by atoms with Crippen LogP contribution in [0.15, 0.2) is 6.20 Å². The van der Waals surface area contributed by atoms with Crippen LogP contribution in [0.25, 0.3) is 0 Å². The van der Waals surface area contributed by atoms with Crippen LogP contribution in [-0.4, -0.2) is 9.97 Å². The molecule has 0 aromatic carbocycles. The lowest BCUT2D eigenvalue weighted by Gasteiger charge is -2.13. The Hall–Kier alpha value is -1.30. The highest BCUT2D eigenvalue weighted by molar-refractivity contribution is 5.19. The minimum absolute atomic E-state index is 0.00486. The first-order valence-corrected chi connectivity index (χ1v) is 3.50. The van der Waals surface area contributed by atoms with Gasteiger partial charge >= 0.3 is 0 Å². The minimum atomic E-state index is -0.00486. The number of imidazole rings is 1. The number of rotatable bonds is 0. The van der Waals surface area contributed by atoms with Gasteiger partial charge in [-0.05, 0) is 0 Å². The van der Waals surface area contributed by atoms with E-state index in [0.717, 1.165) is 5.82 Å². The molecule has 1 N–H and O–H groups in total. The molecule has 0 aliphatic carbocycles. The summed E-state index contributed by atoms with van der Waals surface area (Å²) in [5.41, 5.74) is 0.449. The molecule has 0 spiro atoms. The maximum Gasteiger partial charge on any atom is 0.158 e. The number of aromatic amines is 1. The predicted octanol–water partition coefficient (Wildman–Crippen LogP) is 1.58. The zero-order valence-electron chi connectivity index (χ0n) is 6.97. The molecule has 0 atom stereocenters. The quantitative estimate of drug-likeness (QED) is 0.608. The fraction of sp³-hybridized carbons (Fsp3) is 0.500. The Balaban J connectivity index is 3.01. The molecule has 1 aromatic heterocycles. The van der Waals surface area contributed by atoms with E-state index in [9.17, 15) is 0 Å². The zero-order chi connectivity index (χ0) is 8.48. The average molecular weight is 149 g/mol. The number of aromatic nitrogens is 2. The van der Waals surface area contributed by atoms with Gasteiger partial charge in [0.05, 0.1) is 0 Å². The van der Waals surface area contributed by atoms with Gasteiger partial charge in [0.1, 0.15) is 11.9 Å². The van der Waals surface area contributed by atoms with Crippen molar-refractivity contribution in [3.63, 3.8) is 0 Å². The second-order valence-corrected chi connectivity index (χ2v) is 3.50. The summed E-state index contributed by atoms with van der Waals surface area (Å²) in [4.78, 5) is 7.05. The standard InChI is InChI=1S/C8H11N3/c1-8(2,3)7-10-5-6(4-9)11-7/h5H,1-3H3,(H,10,11). The van der Waals surface area contributed by atoms with Crippen molar-refractivity contribution in [3.05, 3.63) is 17.7 Å². The molecule has 0 unspecified atom stereocenters. The van der Waals surface area contributed by atoms with Crippen LogP contribution in [0.3, 0.4) is 0 Å². The van der Waals surface area contributed by atoms with Crippen molar-refractivity contribution >= 4 is 0 Å². The smallest absolute Gasteiger partial charge is 0.158 e. The Kier molecular flexibility index (Phi) is 1.69. The first-order valence-electron chi connectivity index (χ1n) is 3.50. The Morgan fingerprint density at radius 1 is 1.55 bits per heavy atom. The third-order valence-corrected chi connectivity index (χ3v) is 1.40. The fourth-order valence-electron chi connectivity index (χ4n) is 0.763. The maximum absolute atomic E-state index is 8.48. The van der Waals surface area contributed by atoms with Crippen LogP contribution < -0.4 is 0 Å². The minimum Gasteiger partial charge on any atom is -0.347 e. The van der Waals surface area contributed by atoms with Gasteiger partial charge in [0.15, 0.2) is 5.69 Å². The summed E-state index contributed by atoms with van der Waals surface area (Å²) in [7, 11) is 0. The van der Waals surface area contributed by atoms with Gasteiger partial charge in [-0.3, -0.25) is 0 Å². The van der Waals surface area contributed by atoms with Crippen LogP contribution >= 0.6 is 0 Å². The number of nitriles is 1. The van der Waals surface area contributed by atoms with E-state index in [2.05, 4.69) is 9.97 Å². The van der Waals surface area contributed by atoms with Crippen LogP contribution in [0.2, 0.25) is 0 Å². The van der Waals surface area contributed by atoms with Gasteiger partial charge in [-0.2, -0.15) is 5.26 Å². The molecule has 0 saturated carbocycles. The summed E-state index contributed by atoms with van der Waals surface area (Å²) in [6, 6.07) is 1.98. The SMILES string of the molecule is CC(C)(C)c1nc(C#N)c[nH]1. The molecule has 0 fully saturated rings. The molecule has 3 heteroatoms. The summed E-state index contributed by atoms with van der Waals surface area (Å²) in [5, 5.41) is 8.48. The van der Waals surface area contributed by atoms with Gasteiger partial charge in [-0.25, -0.2) is 4.98 Å². The van der Waals surface area contributed by atoms with E-state index >= 15 is 0 Å². The van der Waals surface area contributed by atoms with Gasteiger partial charge in [0.2, 0.25) is 0 Å². The Morgan fingerprint density at radius 3 is 2.45 bits per heavy atom. The van der Waals surface area contributed by atoms with E-state index in [1.165, 1.54) is 0 Å². The number of nitrogens with zero attached hydrogens (tertiary/aromatic N) is 2. The van der Waals surface area contributed by atoms with E-state index in [1.807, 2.05) is 26.8 Å². The highest BCUT2D eigenvalue weighted by Gasteiger charge is 2.16. The molecular formula is C8H11N3. The van der Waals surface area contributed by atoms with Gasteiger partial charge < -0.3 is 4.98 Å². The van der Waals surface area contributed by atoms with Crippen LogP contribution in [0, 0.1) is 11.3 Å². The van der Waals surface area contributed by atoms with E-state index in [-0.39, 0.29) is 5.41 Å². The molecule has 0 radical (unpaired) electrons. The molecular weight excluding hydrogens is 138 g/mol. The molecule has 0 aliphatic rings. The molecule has 11 heavy (non-hydrogen) atoms. The lowest BCUT2D eigenvalue weighted by atomic mass is 9.96. The van der Waals surface area contributed by atoms with E-state index in [1.54, 1.807) is 6.20 Å². The normalized spacial score (nSPS) is 11.1. The summed E-state index contributed by atoms with van der Waals surface area (Å²) < 4.78 is 0. The Bertz CT molecular complexity index is 285. The molecule has 3 nitrogen and oxygen atoms in total. The molecule has 0 aliphatic heterocycles. The predicted molar refractivity (Wildman–Crippen MR) is 42.0 cm³/mol. The average Bonchev–Trinajstić information content (AvgIpc) is 2.32. The highest BCUT2D eigenvalue weighted by Crippen LogP contribution is 2.17. The van der Waals surface area contributed by atoms with Crippen molar-refractivity contribution in [3.8, 4) is 6.07 Å². The van der Waals surface area contributed by atoms with Gasteiger partial charge in [-0.15, -0.1) is 0 Å². The van der Waals surface area contributed by atoms with Crippen LogP contribution in [0.1, 0.15) is 32.3 Å². The van der Waals surface area contributed by atoms with E-state index in [4.69, 9.17) is 5.26 Å². The summed E-state index contributed by atoms with van der Waals surface area (Å²) in [6.45, 7) is 6.15. The van der Waals surface area contributed by atoms with Crippen LogP contribution in [0.5, 0.6) is 0 Å². The topological polar surface area (TPSA) is 52.5 Å². The molecule has 58 valence electrons. The third kappa shape index (κ3) is 1.58. The van der Waals surface area contributed by atoms with Gasteiger partial charge in [-0.1, -0.05) is 20.8 Å². The lowest BCUT2D eigenvalue weighted by molar-refractivity contribution is 0.552. The first-order chi connectivity index (χ1) is 5.04. The number of H-pyrrole nitrogens is 1. The fourth-order valence-corrected chi connectivity index (χ4v) is 0.763. The Morgan fingerprint density at radius 2 is 2.18 bits per heavy atom. The largest absolute Gasteiger partial charge is 0.347 e. The molecule has 0 amide bonds.